The first kappa shape index (κ1) is 13.4. The lowest BCUT2D eigenvalue weighted by molar-refractivity contribution is 0.431. The fraction of sp³-hybridized carbons (Fsp3) is 0.600. The van der Waals surface area contributed by atoms with E-state index in [0.717, 1.165) is 29.9 Å². The molecule has 0 aliphatic carbocycles. The molecule has 1 aliphatic heterocycles. The molecule has 0 saturated carbocycles. The molecular formula is C15H23N5. The summed E-state index contributed by atoms with van der Waals surface area (Å²) in [6, 6.07) is 2.62. The highest BCUT2D eigenvalue weighted by Gasteiger charge is 2.25. The molecule has 108 valence electrons. The molecule has 1 saturated heterocycles. The van der Waals surface area contributed by atoms with E-state index in [1.54, 1.807) is 0 Å². The summed E-state index contributed by atoms with van der Waals surface area (Å²) in [4.78, 5) is 11.7. The number of fused-ring (bicyclic) bond motifs is 1. The first-order valence-electron chi connectivity index (χ1n) is 7.48. The van der Waals surface area contributed by atoms with Crippen LogP contribution in [-0.4, -0.2) is 40.7 Å². The second-order valence-electron chi connectivity index (χ2n) is 5.59. The van der Waals surface area contributed by atoms with Crippen LogP contribution in [0.5, 0.6) is 0 Å². The molecule has 0 aromatic carbocycles. The van der Waals surface area contributed by atoms with E-state index in [4.69, 9.17) is 0 Å². The number of imidazole rings is 1. The average Bonchev–Trinajstić information content (AvgIpc) is 2.87. The van der Waals surface area contributed by atoms with Crippen LogP contribution in [-0.2, 0) is 7.05 Å². The van der Waals surface area contributed by atoms with Gasteiger partial charge in [-0.05, 0) is 45.3 Å². The monoisotopic (exact) mass is 273 g/mol. The summed E-state index contributed by atoms with van der Waals surface area (Å²) in [5, 5.41) is 3.26. The maximum absolute atomic E-state index is 4.63. The van der Waals surface area contributed by atoms with Gasteiger partial charge < -0.3 is 14.8 Å². The van der Waals surface area contributed by atoms with E-state index in [-0.39, 0.29) is 0 Å². The molecule has 20 heavy (non-hydrogen) atoms. The van der Waals surface area contributed by atoms with Crippen LogP contribution in [0.4, 0.5) is 5.82 Å². The molecule has 3 heterocycles. The van der Waals surface area contributed by atoms with Crippen LogP contribution in [0.1, 0.15) is 25.7 Å². The summed E-state index contributed by atoms with van der Waals surface area (Å²) in [6.07, 6.45) is 8.78. The molecule has 3 rings (SSSR count). The predicted molar refractivity (Wildman–Crippen MR) is 82.0 cm³/mol. The molecule has 1 fully saturated rings. The first-order chi connectivity index (χ1) is 9.81. The third-order valence-electron chi connectivity index (χ3n) is 4.25. The maximum Gasteiger partial charge on any atom is 0.156 e. The van der Waals surface area contributed by atoms with E-state index in [1.165, 1.54) is 25.7 Å². The minimum atomic E-state index is 0.580. The zero-order chi connectivity index (χ0) is 13.9. The van der Waals surface area contributed by atoms with Gasteiger partial charge in [0.2, 0.25) is 0 Å². The molecule has 0 spiro atoms. The van der Waals surface area contributed by atoms with Crippen molar-refractivity contribution in [2.45, 2.75) is 31.7 Å². The Bertz CT molecular complexity index is 577. The number of aryl methyl sites for hydroxylation is 1. The lowest BCUT2D eigenvalue weighted by Crippen LogP contribution is -2.41. The fourth-order valence-corrected chi connectivity index (χ4v) is 3.15. The van der Waals surface area contributed by atoms with Gasteiger partial charge in [-0.25, -0.2) is 9.97 Å². The van der Waals surface area contributed by atoms with Crippen molar-refractivity contribution >= 4 is 16.9 Å². The lowest BCUT2D eigenvalue weighted by Gasteiger charge is -2.36. The predicted octanol–water partition coefficient (Wildman–Crippen LogP) is 1.94. The largest absolute Gasteiger partial charge is 0.352 e. The number of hydrogen-bond donors (Lipinski definition) is 1. The van der Waals surface area contributed by atoms with Crippen LogP contribution in [0.3, 0.4) is 0 Å². The molecule has 2 aromatic heterocycles. The Balaban J connectivity index is 1.95. The van der Waals surface area contributed by atoms with Crippen LogP contribution in [0.25, 0.3) is 11.0 Å². The summed E-state index contributed by atoms with van der Waals surface area (Å²) < 4.78 is 2.06. The highest BCUT2D eigenvalue weighted by atomic mass is 15.2. The zero-order valence-electron chi connectivity index (χ0n) is 12.3. The van der Waals surface area contributed by atoms with Crippen molar-refractivity contribution in [1.29, 1.82) is 0 Å². The van der Waals surface area contributed by atoms with E-state index in [1.807, 2.05) is 32.7 Å². The quantitative estimate of drug-likeness (QED) is 0.924. The van der Waals surface area contributed by atoms with Crippen molar-refractivity contribution in [2.75, 3.05) is 25.0 Å². The van der Waals surface area contributed by atoms with Gasteiger partial charge in [0, 0.05) is 25.8 Å². The van der Waals surface area contributed by atoms with Gasteiger partial charge in [0.25, 0.3) is 0 Å². The van der Waals surface area contributed by atoms with E-state index in [0.29, 0.717) is 6.04 Å². The van der Waals surface area contributed by atoms with Crippen molar-refractivity contribution in [2.24, 2.45) is 7.05 Å². The minimum absolute atomic E-state index is 0.580. The third-order valence-corrected chi connectivity index (χ3v) is 4.25. The van der Waals surface area contributed by atoms with Crippen molar-refractivity contribution in [3.05, 3.63) is 18.6 Å². The third kappa shape index (κ3) is 2.38. The first-order valence-corrected chi connectivity index (χ1v) is 7.48. The van der Waals surface area contributed by atoms with Gasteiger partial charge in [0.1, 0.15) is 5.52 Å². The molecule has 2 aromatic rings. The molecule has 1 aliphatic rings. The van der Waals surface area contributed by atoms with Gasteiger partial charge in [0.05, 0.1) is 11.8 Å². The molecule has 1 atom stereocenters. The molecule has 5 nitrogen and oxygen atoms in total. The van der Waals surface area contributed by atoms with Crippen molar-refractivity contribution < 1.29 is 0 Å². The summed E-state index contributed by atoms with van der Waals surface area (Å²) in [6.45, 7) is 2.15. The number of hydrogen-bond acceptors (Lipinski definition) is 4. The Morgan fingerprint density at radius 1 is 1.35 bits per heavy atom. The second kappa shape index (κ2) is 5.79. The van der Waals surface area contributed by atoms with Gasteiger partial charge in [0.15, 0.2) is 5.82 Å². The fourth-order valence-electron chi connectivity index (χ4n) is 3.15. The minimum Gasteiger partial charge on any atom is -0.352 e. The number of nitrogens with one attached hydrogen (secondary N) is 1. The van der Waals surface area contributed by atoms with Crippen LogP contribution < -0.4 is 10.2 Å². The lowest BCUT2D eigenvalue weighted by atomic mass is 9.99. The van der Waals surface area contributed by atoms with E-state index in [9.17, 15) is 0 Å². The highest BCUT2D eigenvalue weighted by Crippen LogP contribution is 2.29. The summed E-state index contributed by atoms with van der Waals surface area (Å²) in [5.41, 5.74) is 2.19. The van der Waals surface area contributed by atoms with E-state index in [2.05, 4.69) is 24.8 Å². The standard InChI is InChI=1S/C15H23N5/c1-16-8-6-12-5-3-4-10-20(12)15-14-13(7-9-17-15)19(2)11-18-14/h7,9,11-12,16H,3-6,8,10H2,1-2H3. The van der Waals surface area contributed by atoms with Crippen LogP contribution in [0, 0.1) is 0 Å². The molecule has 1 N–H and O–H groups in total. The second-order valence-corrected chi connectivity index (χ2v) is 5.59. The SMILES string of the molecule is CNCCC1CCCCN1c1nccc2c1ncn2C. The van der Waals surface area contributed by atoms with Crippen LogP contribution in [0.2, 0.25) is 0 Å². The topological polar surface area (TPSA) is 46.0 Å². The number of anilines is 1. The van der Waals surface area contributed by atoms with Gasteiger partial charge in [-0.15, -0.1) is 0 Å². The van der Waals surface area contributed by atoms with Gasteiger partial charge in [-0.2, -0.15) is 0 Å². The summed E-state index contributed by atoms with van der Waals surface area (Å²) in [7, 11) is 4.05. The zero-order valence-corrected chi connectivity index (χ0v) is 12.3. The van der Waals surface area contributed by atoms with Gasteiger partial charge in [-0.1, -0.05) is 0 Å². The Labute approximate surface area is 120 Å². The Hall–Kier alpha value is -1.62. The average molecular weight is 273 g/mol. The molecule has 0 radical (unpaired) electrons. The number of piperidine rings is 1. The molecule has 1 unspecified atom stereocenters. The number of rotatable bonds is 4. The Kier molecular flexibility index (Phi) is 3.87. The Morgan fingerprint density at radius 2 is 2.25 bits per heavy atom. The highest BCUT2D eigenvalue weighted by molar-refractivity contribution is 5.86. The molecule has 5 heteroatoms. The van der Waals surface area contributed by atoms with E-state index < -0.39 is 0 Å². The van der Waals surface area contributed by atoms with Gasteiger partial charge in [-0.3, -0.25) is 0 Å². The van der Waals surface area contributed by atoms with Crippen LogP contribution >= 0.6 is 0 Å². The Morgan fingerprint density at radius 3 is 3.10 bits per heavy atom. The van der Waals surface area contributed by atoms with Crippen molar-refractivity contribution in [3.8, 4) is 0 Å². The number of nitrogens with zero attached hydrogens (tertiary/aromatic N) is 4. The van der Waals surface area contributed by atoms with Crippen molar-refractivity contribution in [3.63, 3.8) is 0 Å². The maximum atomic E-state index is 4.63. The molecule has 0 bridgehead atoms. The number of aromatic nitrogens is 3. The summed E-state index contributed by atoms with van der Waals surface area (Å²) >= 11 is 0. The normalized spacial score (nSPS) is 19.7. The molecular weight excluding hydrogens is 250 g/mol. The smallest absolute Gasteiger partial charge is 0.156 e. The van der Waals surface area contributed by atoms with Gasteiger partial charge >= 0.3 is 0 Å². The molecule has 0 amide bonds. The van der Waals surface area contributed by atoms with Crippen molar-refractivity contribution in [1.82, 2.24) is 19.9 Å². The number of pyridine rings is 1. The van der Waals surface area contributed by atoms with Crippen LogP contribution in [0.15, 0.2) is 18.6 Å². The summed E-state index contributed by atoms with van der Waals surface area (Å²) in [5.74, 6) is 1.06. The van der Waals surface area contributed by atoms with E-state index >= 15 is 0 Å².